The van der Waals surface area contributed by atoms with Crippen LogP contribution < -0.4 is 4.74 Å². The van der Waals surface area contributed by atoms with E-state index in [1.54, 1.807) is 6.07 Å². The molecular formula is C20H18O5. The van der Waals surface area contributed by atoms with E-state index in [1.165, 1.54) is 13.8 Å². The number of furan rings is 1. The Morgan fingerprint density at radius 1 is 1.04 bits per heavy atom. The molecule has 3 aromatic rings. The number of para-hydroxylation sites is 2. The van der Waals surface area contributed by atoms with Crippen LogP contribution in [0, 0.1) is 0 Å². The lowest BCUT2D eigenvalue weighted by Crippen LogP contribution is -2.22. The molecular weight excluding hydrogens is 320 g/mol. The number of hydrogen-bond acceptors (Lipinski definition) is 5. The Morgan fingerprint density at radius 2 is 1.72 bits per heavy atom. The molecule has 0 saturated heterocycles. The number of Topliss-reactive ketones (excluding diaryl/α,β-unsaturated/α-hetero) is 1. The molecule has 1 heterocycles. The van der Waals surface area contributed by atoms with Crippen molar-refractivity contribution in [1.29, 1.82) is 0 Å². The maximum Gasteiger partial charge on any atom is 0.375 e. The highest BCUT2D eigenvalue weighted by atomic mass is 16.6. The number of ether oxygens (including phenoxy) is 2. The fourth-order valence-corrected chi connectivity index (χ4v) is 2.38. The fourth-order valence-electron chi connectivity index (χ4n) is 2.38. The molecule has 0 N–H and O–H groups in total. The summed E-state index contributed by atoms with van der Waals surface area (Å²) in [6.45, 7) is 3.05. The Morgan fingerprint density at radius 3 is 2.44 bits per heavy atom. The molecule has 5 nitrogen and oxygen atoms in total. The largest absolute Gasteiger partial charge is 0.489 e. The maximum atomic E-state index is 12.4. The van der Waals surface area contributed by atoms with Crippen molar-refractivity contribution >= 4 is 22.7 Å². The summed E-state index contributed by atoms with van der Waals surface area (Å²) in [6, 6.07) is 16.6. The predicted molar refractivity (Wildman–Crippen MR) is 92.5 cm³/mol. The van der Waals surface area contributed by atoms with Gasteiger partial charge in [-0.05, 0) is 32.0 Å². The number of carbonyl (C=O) groups is 2. The Bertz CT molecular complexity index is 895. The van der Waals surface area contributed by atoms with Gasteiger partial charge in [0.1, 0.15) is 17.9 Å². The molecule has 5 heteroatoms. The normalized spacial score (nSPS) is 11.9. The Kier molecular flexibility index (Phi) is 4.84. The van der Waals surface area contributed by atoms with Crippen molar-refractivity contribution in [3.63, 3.8) is 0 Å². The molecule has 0 aliphatic rings. The molecule has 25 heavy (non-hydrogen) atoms. The predicted octanol–water partition coefficient (Wildman–Crippen LogP) is 4.15. The standard InChI is InChI=1S/C20H18O5/c1-13(21)14(2)24-20(22)19-17(12-23-15-8-4-3-5-9-15)16-10-6-7-11-18(16)25-19/h3-11,14H,12H2,1-2H3/t14-/m0/s1. The first-order chi connectivity index (χ1) is 12.1. The number of rotatable bonds is 6. The zero-order chi connectivity index (χ0) is 17.8. The van der Waals surface area contributed by atoms with Gasteiger partial charge in [0.15, 0.2) is 11.9 Å². The van der Waals surface area contributed by atoms with Gasteiger partial charge in [0.05, 0.1) is 5.56 Å². The van der Waals surface area contributed by atoms with Crippen LogP contribution in [0.1, 0.15) is 30.0 Å². The molecule has 0 spiro atoms. The van der Waals surface area contributed by atoms with Crippen LogP contribution in [0.3, 0.4) is 0 Å². The van der Waals surface area contributed by atoms with Crippen molar-refractivity contribution in [1.82, 2.24) is 0 Å². The lowest BCUT2D eigenvalue weighted by atomic mass is 10.1. The fraction of sp³-hybridized carbons (Fsp3) is 0.200. The van der Waals surface area contributed by atoms with Crippen LogP contribution in [0.25, 0.3) is 11.0 Å². The molecule has 0 bridgehead atoms. The van der Waals surface area contributed by atoms with Crippen LogP contribution in [0.5, 0.6) is 5.75 Å². The molecule has 2 aromatic carbocycles. The second-order valence-electron chi connectivity index (χ2n) is 5.67. The quantitative estimate of drug-likeness (QED) is 0.632. The topological polar surface area (TPSA) is 65.7 Å². The van der Waals surface area contributed by atoms with Crippen LogP contribution in [0.2, 0.25) is 0 Å². The highest BCUT2D eigenvalue weighted by Crippen LogP contribution is 2.28. The van der Waals surface area contributed by atoms with E-state index >= 15 is 0 Å². The molecule has 0 amide bonds. The van der Waals surface area contributed by atoms with Crippen molar-refractivity contribution in [2.24, 2.45) is 0 Å². The first kappa shape index (κ1) is 16.8. The number of hydrogen-bond donors (Lipinski definition) is 0. The van der Waals surface area contributed by atoms with Gasteiger partial charge in [-0.25, -0.2) is 4.79 Å². The summed E-state index contributed by atoms with van der Waals surface area (Å²) in [5.74, 6) is -0.161. The monoisotopic (exact) mass is 338 g/mol. The Balaban J connectivity index is 1.91. The van der Waals surface area contributed by atoms with Crippen molar-refractivity contribution in [3.8, 4) is 5.75 Å². The summed E-state index contributed by atoms with van der Waals surface area (Å²) in [7, 11) is 0. The average Bonchev–Trinajstić information content (AvgIpc) is 2.99. The summed E-state index contributed by atoms with van der Waals surface area (Å²) in [6.07, 6.45) is -0.830. The Hall–Kier alpha value is -3.08. The van der Waals surface area contributed by atoms with E-state index in [2.05, 4.69) is 0 Å². The molecule has 1 atom stereocenters. The highest BCUT2D eigenvalue weighted by Gasteiger charge is 2.25. The smallest absolute Gasteiger partial charge is 0.375 e. The van der Waals surface area contributed by atoms with Crippen molar-refractivity contribution in [2.45, 2.75) is 26.6 Å². The van der Waals surface area contributed by atoms with Gasteiger partial charge in [-0.15, -0.1) is 0 Å². The van der Waals surface area contributed by atoms with Crippen LogP contribution in [0.4, 0.5) is 0 Å². The lowest BCUT2D eigenvalue weighted by Gasteiger charge is -2.10. The minimum absolute atomic E-state index is 0.0604. The summed E-state index contributed by atoms with van der Waals surface area (Å²) in [5, 5.41) is 0.779. The summed E-state index contributed by atoms with van der Waals surface area (Å²) < 4.78 is 16.6. The van der Waals surface area contributed by atoms with Gasteiger partial charge in [-0.1, -0.05) is 36.4 Å². The van der Waals surface area contributed by atoms with Gasteiger partial charge >= 0.3 is 5.97 Å². The zero-order valence-electron chi connectivity index (χ0n) is 14.0. The van der Waals surface area contributed by atoms with E-state index in [0.29, 0.717) is 16.9 Å². The van der Waals surface area contributed by atoms with Gasteiger partial charge in [0.2, 0.25) is 5.76 Å². The second kappa shape index (κ2) is 7.21. The van der Waals surface area contributed by atoms with Crippen LogP contribution >= 0.6 is 0 Å². The van der Waals surface area contributed by atoms with Crippen molar-refractivity contribution < 1.29 is 23.5 Å². The number of fused-ring (bicyclic) bond motifs is 1. The third-order valence-electron chi connectivity index (χ3n) is 3.87. The SMILES string of the molecule is CC(=O)[C@H](C)OC(=O)c1oc2ccccc2c1COc1ccccc1. The third kappa shape index (κ3) is 3.71. The summed E-state index contributed by atoms with van der Waals surface area (Å²) in [4.78, 5) is 23.8. The van der Waals surface area contributed by atoms with Gasteiger partial charge in [0.25, 0.3) is 0 Å². The van der Waals surface area contributed by atoms with E-state index in [9.17, 15) is 9.59 Å². The first-order valence-electron chi connectivity index (χ1n) is 7.96. The lowest BCUT2D eigenvalue weighted by molar-refractivity contribution is -0.124. The van der Waals surface area contributed by atoms with Gasteiger partial charge in [-0.3, -0.25) is 4.79 Å². The Labute approximate surface area is 145 Å². The molecule has 0 aliphatic carbocycles. The minimum Gasteiger partial charge on any atom is -0.489 e. The molecule has 0 saturated carbocycles. The highest BCUT2D eigenvalue weighted by molar-refractivity contribution is 5.97. The second-order valence-corrected chi connectivity index (χ2v) is 5.67. The van der Waals surface area contributed by atoms with E-state index in [0.717, 1.165) is 5.39 Å². The molecule has 1 aromatic heterocycles. The van der Waals surface area contributed by atoms with Crippen molar-refractivity contribution in [2.75, 3.05) is 0 Å². The number of carbonyl (C=O) groups excluding carboxylic acids is 2. The average molecular weight is 338 g/mol. The molecule has 3 rings (SSSR count). The zero-order valence-corrected chi connectivity index (χ0v) is 14.0. The number of esters is 1. The summed E-state index contributed by atoms with van der Waals surface area (Å²) >= 11 is 0. The van der Waals surface area contributed by atoms with Crippen molar-refractivity contribution in [3.05, 3.63) is 65.9 Å². The molecule has 0 radical (unpaired) electrons. The molecule has 128 valence electrons. The van der Waals surface area contributed by atoms with E-state index in [4.69, 9.17) is 13.9 Å². The van der Waals surface area contributed by atoms with E-state index in [1.807, 2.05) is 48.5 Å². The minimum atomic E-state index is -0.830. The van der Waals surface area contributed by atoms with Gasteiger partial charge < -0.3 is 13.9 Å². The van der Waals surface area contributed by atoms with E-state index < -0.39 is 12.1 Å². The third-order valence-corrected chi connectivity index (χ3v) is 3.87. The maximum absolute atomic E-state index is 12.4. The molecule has 0 unspecified atom stereocenters. The van der Waals surface area contributed by atoms with Crippen LogP contribution in [0.15, 0.2) is 59.0 Å². The number of benzene rings is 2. The molecule has 0 fully saturated rings. The summed E-state index contributed by atoms with van der Waals surface area (Å²) in [5.41, 5.74) is 1.16. The van der Waals surface area contributed by atoms with Crippen LogP contribution in [-0.2, 0) is 16.1 Å². The number of ketones is 1. The van der Waals surface area contributed by atoms with E-state index in [-0.39, 0.29) is 18.2 Å². The van der Waals surface area contributed by atoms with Gasteiger partial charge in [0, 0.05) is 5.39 Å². The van der Waals surface area contributed by atoms with Crippen LogP contribution in [-0.4, -0.2) is 17.9 Å². The first-order valence-corrected chi connectivity index (χ1v) is 7.96. The molecule has 0 aliphatic heterocycles. The van der Waals surface area contributed by atoms with Gasteiger partial charge in [-0.2, -0.15) is 0 Å².